The number of benzene rings is 1. The fraction of sp³-hybridized carbons (Fsp3) is 0.263. The van der Waals surface area contributed by atoms with Crippen LogP contribution in [0.15, 0.2) is 36.5 Å². The van der Waals surface area contributed by atoms with E-state index in [1.807, 2.05) is 13.8 Å². The van der Waals surface area contributed by atoms with E-state index >= 15 is 0 Å². The number of hydrogen-bond acceptors (Lipinski definition) is 4. The van der Waals surface area contributed by atoms with E-state index in [9.17, 15) is 22.8 Å². The minimum absolute atomic E-state index is 0.00671. The Morgan fingerprint density at radius 2 is 1.80 bits per heavy atom. The van der Waals surface area contributed by atoms with Gasteiger partial charge >= 0.3 is 12.1 Å². The second-order valence-corrected chi connectivity index (χ2v) is 6.86. The predicted molar refractivity (Wildman–Crippen MR) is 101 cm³/mol. The number of carbonyl (C=O) groups excluding carboxylic acids is 1. The molecule has 158 valence electrons. The van der Waals surface area contributed by atoms with Crippen molar-refractivity contribution in [1.29, 1.82) is 0 Å². The van der Waals surface area contributed by atoms with Crippen LogP contribution in [0.2, 0.25) is 0 Å². The molecule has 0 saturated heterocycles. The van der Waals surface area contributed by atoms with Crippen LogP contribution in [0.3, 0.4) is 0 Å². The molecule has 0 aliphatic carbocycles. The van der Waals surface area contributed by atoms with Crippen molar-refractivity contribution in [3.63, 3.8) is 0 Å². The molecule has 8 nitrogen and oxygen atoms in total. The van der Waals surface area contributed by atoms with E-state index in [2.05, 4.69) is 15.5 Å². The van der Waals surface area contributed by atoms with Crippen molar-refractivity contribution in [1.82, 2.24) is 19.6 Å². The minimum Gasteiger partial charge on any atom is -0.478 e. The van der Waals surface area contributed by atoms with Crippen molar-refractivity contribution in [3.05, 3.63) is 59.2 Å². The molecule has 0 spiro atoms. The first-order chi connectivity index (χ1) is 14.0. The summed E-state index contributed by atoms with van der Waals surface area (Å²) in [7, 11) is 1.73. The van der Waals surface area contributed by atoms with Gasteiger partial charge < -0.3 is 10.4 Å². The molecular formula is C19H18F3N5O3. The molecule has 3 rings (SSSR count). The van der Waals surface area contributed by atoms with Crippen LogP contribution in [0.5, 0.6) is 0 Å². The number of amides is 1. The topological polar surface area (TPSA) is 102 Å². The maximum absolute atomic E-state index is 13.3. The lowest BCUT2D eigenvalue weighted by molar-refractivity contribution is -0.143. The van der Waals surface area contributed by atoms with Crippen LogP contribution >= 0.6 is 0 Å². The van der Waals surface area contributed by atoms with Crippen molar-refractivity contribution in [3.8, 4) is 5.69 Å². The number of alkyl halides is 3. The maximum Gasteiger partial charge on any atom is 0.434 e. The van der Waals surface area contributed by atoms with E-state index in [1.165, 1.54) is 24.3 Å². The van der Waals surface area contributed by atoms with Gasteiger partial charge in [0, 0.05) is 18.4 Å². The average Bonchev–Trinajstić information content (AvgIpc) is 3.26. The first-order valence-electron chi connectivity index (χ1n) is 8.83. The van der Waals surface area contributed by atoms with Crippen LogP contribution in [0.4, 0.5) is 18.9 Å². The van der Waals surface area contributed by atoms with Crippen LogP contribution in [0.1, 0.15) is 52.0 Å². The molecule has 2 heterocycles. The van der Waals surface area contributed by atoms with Crippen LogP contribution in [-0.4, -0.2) is 36.5 Å². The molecule has 30 heavy (non-hydrogen) atoms. The molecule has 0 aliphatic rings. The summed E-state index contributed by atoms with van der Waals surface area (Å²) in [6.07, 6.45) is -4.27. The number of anilines is 1. The second-order valence-electron chi connectivity index (χ2n) is 6.86. The molecule has 3 aromatic rings. The van der Waals surface area contributed by atoms with Crippen molar-refractivity contribution in [2.24, 2.45) is 7.05 Å². The lowest BCUT2D eigenvalue weighted by Gasteiger charge is -2.12. The summed E-state index contributed by atoms with van der Waals surface area (Å²) in [4.78, 5) is 23.5. The van der Waals surface area contributed by atoms with Crippen LogP contribution < -0.4 is 5.32 Å². The molecule has 0 bridgehead atoms. The number of rotatable bonds is 5. The molecule has 2 N–H and O–H groups in total. The number of aromatic nitrogens is 4. The number of nitrogens with one attached hydrogen (secondary N) is 1. The summed E-state index contributed by atoms with van der Waals surface area (Å²) < 4.78 is 42.1. The van der Waals surface area contributed by atoms with E-state index in [4.69, 9.17) is 5.11 Å². The van der Waals surface area contributed by atoms with Gasteiger partial charge in [-0.25, -0.2) is 9.48 Å². The molecule has 0 atom stereocenters. The Hall–Kier alpha value is -3.63. The number of carboxylic acids is 1. The Bertz CT molecular complexity index is 1100. The zero-order chi connectivity index (χ0) is 22.2. The Morgan fingerprint density at radius 1 is 1.17 bits per heavy atom. The third-order valence-electron chi connectivity index (χ3n) is 4.38. The highest BCUT2D eigenvalue weighted by molar-refractivity contribution is 6.03. The minimum atomic E-state index is -4.91. The zero-order valence-corrected chi connectivity index (χ0v) is 16.2. The molecule has 1 amide bonds. The first kappa shape index (κ1) is 21.1. The normalized spacial score (nSPS) is 11.7. The fourth-order valence-corrected chi connectivity index (χ4v) is 2.99. The average molecular weight is 421 g/mol. The predicted octanol–water partition coefficient (Wildman–Crippen LogP) is 3.70. The van der Waals surface area contributed by atoms with Crippen LogP contribution in [0, 0.1) is 0 Å². The quantitative estimate of drug-likeness (QED) is 0.654. The van der Waals surface area contributed by atoms with Gasteiger partial charge in [0.1, 0.15) is 5.56 Å². The van der Waals surface area contributed by atoms with Crippen LogP contribution in [-0.2, 0) is 13.2 Å². The molecular weight excluding hydrogens is 403 g/mol. The highest BCUT2D eigenvalue weighted by atomic mass is 19.4. The Kier molecular flexibility index (Phi) is 5.38. The van der Waals surface area contributed by atoms with E-state index in [0.29, 0.717) is 16.6 Å². The van der Waals surface area contributed by atoms with Crippen molar-refractivity contribution < 1.29 is 27.9 Å². The van der Waals surface area contributed by atoms with Gasteiger partial charge in [-0.05, 0) is 36.2 Å². The smallest absolute Gasteiger partial charge is 0.434 e. The number of aryl methyl sites for hydroxylation is 1. The molecule has 0 fully saturated rings. The van der Waals surface area contributed by atoms with Gasteiger partial charge in [-0.1, -0.05) is 13.8 Å². The molecule has 2 aromatic heterocycles. The van der Waals surface area contributed by atoms with Gasteiger partial charge in [-0.3, -0.25) is 9.48 Å². The van der Waals surface area contributed by atoms with Gasteiger partial charge in [-0.2, -0.15) is 23.4 Å². The summed E-state index contributed by atoms with van der Waals surface area (Å²) in [5, 5.41) is 19.3. The van der Waals surface area contributed by atoms with E-state index < -0.39 is 29.3 Å². The first-order valence-corrected chi connectivity index (χ1v) is 8.83. The largest absolute Gasteiger partial charge is 0.478 e. The van der Waals surface area contributed by atoms with Crippen molar-refractivity contribution >= 4 is 17.6 Å². The summed E-state index contributed by atoms with van der Waals surface area (Å²) in [6, 6.07) is 7.04. The fourth-order valence-electron chi connectivity index (χ4n) is 2.99. The lowest BCUT2D eigenvalue weighted by atomic mass is 10.1. The standard InChI is InChI=1S/C19H18F3N5O3/c1-10(2)15-8-14(25-26(15)3)17(28)24-11-4-6-12(7-5-11)27-16(19(20,21)22)13(9-23-27)18(29)30/h4-10H,1-3H3,(H,24,28)(H,29,30). The molecule has 0 saturated carbocycles. The highest BCUT2D eigenvalue weighted by Crippen LogP contribution is 2.33. The Morgan fingerprint density at radius 3 is 2.30 bits per heavy atom. The number of halogens is 3. The SMILES string of the molecule is CC(C)c1cc(C(=O)Nc2ccc(-n3ncc(C(=O)O)c3C(F)(F)F)cc2)nn1C. The number of carbonyl (C=O) groups is 2. The van der Waals surface area contributed by atoms with Gasteiger partial charge in [0.05, 0.1) is 11.9 Å². The number of nitrogens with zero attached hydrogens (tertiary/aromatic N) is 4. The summed E-state index contributed by atoms with van der Waals surface area (Å²) >= 11 is 0. The third kappa shape index (κ3) is 4.04. The van der Waals surface area contributed by atoms with Crippen molar-refractivity contribution in [2.45, 2.75) is 25.9 Å². The van der Waals surface area contributed by atoms with E-state index in [1.54, 1.807) is 17.8 Å². The number of aromatic carboxylic acids is 1. The molecule has 0 unspecified atom stereocenters. The van der Waals surface area contributed by atoms with Gasteiger partial charge in [0.2, 0.25) is 0 Å². The molecule has 0 radical (unpaired) electrons. The van der Waals surface area contributed by atoms with E-state index in [-0.39, 0.29) is 17.3 Å². The lowest BCUT2D eigenvalue weighted by Crippen LogP contribution is -2.17. The van der Waals surface area contributed by atoms with Crippen molar-refractivity contribution in [2.75, 3.05) is 5.32 Å². The zero-order valence-electron chi connectivity index (χ0n) is 16.2. The molecule has 11 heteroatoms. The highest BCUT2D eigenvalue weighted by Gasteiger charge is 2.40. The van der Waals surface area contributed by atoms with E-state index in [0.717, 1.165) is 5.69 Å². The number of hydrogen-bond donors (Lipinski definition) is 2. The molecule has 0 aliphatic heterocycles. The summed E-state index contributed by atoms with van der Waals surface area (Å²) in [6.45, 7) is 3.94. The van der Waals surface area contributed by atoms with Gasteiger partial charge in [0.25, 0.3) is 5.91 Å². The summed E-state index contributed by atoms with van der Waals surface area (Å²) in [5.74, 6) is -2.02. The van der Waals surface area contributed by atoms with Gasteiger partial charge in [-0.15, -0.1) is 0 Å². The molecule has 1 aromatic carbocycles. The van der Waals surface area contributed by atoms with Crippen LogP contribution in [0.25, 0.3) is 5.69 Å². The monoisotopic (exact) mass is 421 g/mol. The number of carboxylic acid groups (broad SMARTS) is 1. The Balaban J connectivity index is 1.85. The summed E-state index contributed by atoms with van der Waals surface area (Å²) in [5.41, 5.74) is -0.921. The maximum atomic E-state index is 13.3. The second kappa shape index (κ2) is 7.65. The van der Waals surface area contributed by atoms with Gasteiger partial charge in [0.15, 0.2) is 11.4 Å². The Labute approximate surface area is 168 Å². The third-order valence-corrected chi connectivity index (χ3v) is 4.38.